The number of benzene rings is 1. The Morgan fingerprint density at radius 2 is 2.00 bits per heavy atom. The first-order valence-corrected chi connectivity index (χ1v) is 8.93. The third-order valence-corrected chi connectivity index (χ3v) is 4.29. The quantitative estimate of drug-likeness (QED) is 0.579. The van der Waals surface area contributed by atoms with Crippen molar-refractivity contribution in [2.24, 2.45) is 0 Å². The highest BCUT2D eigenvalue weighted by Crippen LogP contribution is 2.22. The average molecular weight is 381 g/mol. The molecule has 0 fully saturated rings. The largest absolute Gasteiger partial charge is 0.488 e. The zero-order valence-corrected chi connectivity index (χ0v) is 16.1. The van der Waals surface area contributed by atoms with Gasteiger partial charge in [-0.2, -0.15) is 0 Å². The standard InChI is InChI=1S/C21H23N3O4/c1-21(2,8-9-27-3)28-18-6-4-14(5-7-18)20(26)24-16-10-15-11-17(13-25)23-19(15)22-12-16/h4-7,10-13H,8-9H2,1-3H3,(H,22,23)(H,24,26). The van der Waals surface area contributed by atoms with Crippen molar-refractivity contribution in [3.8, 4) is 5.75 Å². The number of nitrogens with zero attached hydrogens (tertiary/aromatic N) is 1. The zero-order chi connectivity index (χ0) is 20.1. The molecule has 2 aromatic heterocycles. The molecule has 3 aromatic rings. The first kappa shape index (κ1) is 19.6. The van der Waals surface area contributed by atoms with Crippen LogP contribution >= 0.6 is 0 Å². The highest BCUT2D eigenvalue weighted by molar-refractivity contribution is 6.05. The summed E-state index contributed by atoms with van der Waals surface area (Å²) in [6.45, 7) is 4.60. The van der Waals surface area contributed by atoms with Gasteiger partial charge < -0.3 is 19.8 Å². The van der Waals surface area contributed by atoms with Gasteiger partial charge >= 0.3 is 0 Å². The van der Waals surface area contributed by atoms with Gasteiger partial charge in [0.1, 0.15) is 17.0 Å². The van der Waals surface area contributed by atoms with Crippen LogP contribution < -0.4 is 10.1 Å². The number of pyridine rings is 1. The third kappa shape index (κ3) is 4.75. The van der Waals surface area contributed by atoms with Crippen molar-refractivity contribution >= 4 is 28.9 Å². The minimum atomic E-state index is -0.363. The Morgan fingerprint density at radius 3 is 2.68 bits per heavy atom. The van der Waals surface area contributed by atoms with Gasteiger partial charge in [0.05, 0.1) is 17.6 Å². The second-order valence-corrected chi connectivity index (χ2v) is 7.09. The molecule has 0 atom stereocenters. The molecule has 0 aliphatic carbocycles. The lowest BCUT2D eigenvalue weighted by Gasteiger charge is -2.26. The fourth-order valence-electron chi connectivity index (χ4n) is 2.76. The van der Waals surface area contributed by atoms with Crippen LogP contribution in [0.25, 0.3) is 11.0 Å². The molecule has 28 heavy (non-hydrogen) atoms. The number of ether oxygens (including phenoxy) is 2. The molecule has 0 unspecified atom stereocenters. The van der Waals surface area contributed by atoms with Crippen LogP contribution in [0.5, 0.6) is 5.75 Å². The Morgan fingerprint density at radius 1 is 1.25 bits per heavy atom. The van der Waals surface area contributed by atoms with E-state index >= 15 is 0 Å². The van der Waals surface area contributed by atoms with E-state index in [1.165, 1.54) is 0 Å². The Balaban J connectivity index is 1.66. The molecule has 2 heterocycles. The molecule has 146 valence electrons. The van der Waals surface area contributed by atoms with Crippen LogP contribution in [-0.2, 0) is 4.74 Å². The molecule has 1 aromatic carbocycles. The molecule has 0 bridgehead atoms. The number of aromatic nitrogens is 2. The number of aldehydes is 1. The maximum atomic E-state index is 12.5. The highest BCUT2D eigenvalue weighted by Gasteiger charge is 2.19. The van der Waals surface area contributed by atoms with Crippen molar-refractivity contribution in [1.29, 1.82) is 0 Å². The van der Waals surface area contributed by atoms with E-state index in [2.05, 4.69) is 15.3 Å². The summed E-state index contributed by atoms with van der Waals surface area (Å²) in [5, 5.41) is 3.56. The summed E-state index contributed by atoms with van der Waals surface area (Å²) in [5.74, 6) is 0.437. The van der Waals surface area contributed by atoms with E-state index in [0.717, 1.165) is 18.1 Å². The molecule has 0 aliphatic rings. The maximum Gasteiger partial charge on any atom is 0.255 e. The minimum absolute atomic E-state index is 0.252. The van der Waals surface area contributed by atoms with Gasteiger partial charge in [0.25, 0.3) is 5.91 Å². The lowest BCUT2D eigenvalue weighted by atomic mass is 10.1. The van der Waals surface area contributed by atoms with E-state index < -0.39 is 0 Å². The number of hydrogen-bond donors (Lipinski definition) is 2. The van der Waals surface area contributed by atoms with Crippen LogP contribution in [0.4, 0.5) is 5.69 Å². The second kappa shape index (κ2) is 8.22. The molecule has 0 radical (unpaired) electrons. The number of rotatable bonds is 8. The molecule has 0 aliphatic heterocycles. The number of amides is 1. The predicted octanol–water partition coefficient (Wildman–Crippen LogP) is 3.82. The van der Waals surface area contributed by atoms with E-state index in [0.29, 0.717) is 34.9 Å². The number of anilines is 1. The number of carbonyl (C=O) groups excluding carboxylic acids is 2. The molecular formula is C21H23N3O4. The number of fused-ring (bicyclic) bond motifs is 1. The van der Waals surface area contributed by atoms with Gasteiger partial charge in [-0.05, 0) is 50.2 Å². The normalized spacial score (nSPS) is 11.4. The van der Waals surface area contributed by atoms with Crippen molar-refractivity contribution in [2.45, 2.75) is 25.9 Å². The number of H-pyrrole nitrogens is 1. The maximum absolute atomic E-state index is 12.5. The van der Waals surface area contributed by atoms with Crippen molar-refractivity contribution in [3.63, 3.8) is 0 Å². The summed E-state index contributed by atoms with van der Waals surface area (Å²) >= 11 is 0. The first-order chi connectivity index (χ1) is 13.4. The van der Waals surface area contributed by atoms with Crippen LogP contribution in [0, 0.1) is 0 Å². The summed E-state index contributed by atoms with van der Waals surface area (Å²) in [6, 6.07) is 10.4. The Hall–Kier alpha value is -3.19. The lowest BCUT2D eigenvalue weighted by molar-refractivity contribution is 0.0630. The zero-order valence-electron chi connectivity index (χ0n) is 16.1. The predicted molar refractivity (Wildman–Crippen MR) is 107 cm³/mol. The smallest absolute Gasteiger partial charge is 0.255 e. The number of aromatic amines is 1. The van der Waals surface area contributed by atoms with Gasteiger partial charge in [-0.1, -0.05) is 0 Å². The van der Waals surface area contributed by atoms with Gasteiger partial charge in [0, 0.05) is 31.1 Å². The Kier molecular flexibility index (Phi) is 5.75. The molecule has 0 saturated heterocycles. The van der Waals surface area contributed by atoms with E-state index in [-0.39, 0.29) is 11.5 Å². The van der Waals surface area contributed by atoms with Gasteiger partial charge in [-0.3, -0.25) is 9.59 Å². The molecule has 1 amide bonds. The second-order valence-electron chi connectivity index (χ2n) is 7.09. The van der Waals surface area contributed by atoms with Gasteiger partial charge in [0.15, 0.2) is 6.29 Å². The van der Waals surface area contributed by atoms with Crippen molar-refractivity contribution < 1.29 is 19.1 Å². The molecular weight excluding hydrogens is 358 g/mol. The van der Waals surface area contributed by atoms with E-state index in [1.54, 1.807) is 49.7 Å². The van der Waals surface area contributed by atoms with Crippen molar-refractivity contribution in [2.75, 3.05) is 19.0 Å². The molecule has 0 saturated carbocycles. The van der Waals surface area contributed by atoms with E-state index in [9.17, 15) is 9.59 Å². The fraction of sp³-hybridized carbons (Fsp3) is 0.286. The average Bonchev–Trinajstić information content (AvgIpc) is 3.09. The van der Waals surface area contributed by atoms with Crippen LogP contribution in [0.2, 0.25) is 0 Å². The molecule has 0 spiro atoms. The van der Waals surface area contributed by atoms with Gasteiger partial charge in [-0.15, -0.1) is 0 Å². The topological polar surface area (TPSA) is 93.3 Å². The lowest BCUT2D eigenvalue weighted by Crippen LogP contribution is -2.29. The van der Waals surface area contributed by atoms with Gasteiger partial charge in [-0.25, -0.2) is 4.98 Å². The first-order valence-electron chi connectivity index (χ1n) is 8.93. The van der Waals surface area contributed by atoms with E-state index in [4.69, 9.17) is 9.47 Å². The highest BCUT2D eigenvalue weighted by atomic mass is 16.5. The monoisotopic (exact) mass is 381 g/mol. The van der Waals surface area contributed by atoms with Crippen LogP contribution in [0.1, 0.15) is 41.1 Å². The summed E-state index contributed by atoms with van der Waals surface area (Å²) in [4.78, 5) is 30.4. The molecule has 7 heteroatoms. The van der Waals surface area contributed by atoms with Gasteiger partial charge in [0.2, 0.25) is 0 Å². The fourth-order valence-corrected chi connectivity index (χ4v) is 2.76. The van der Waals surface area contributed by atoms with Crippen molar-refractivity contribution in [3.05, 3.63) is 53.9 Å². The Bertz CT molecular complexity index is 977. The summed E-state index contributed by atoms with van der Waals surface area (Å²) in [6.07, 6.45) is 3.02. The molecule has 3 rings (SSSR count). The third-order valence-electron chi connectivity index (χ3n) is 4.29. The SMILES string of the molecule is COCCC(C)(C)Oc1ccc(C(=O)Nc2cnc3[nH]c(C=O)cc3c2)cc1. The number of hydrogen-bond acceptors (Lipinski definition) is 5. The molecule has 7 nitrogen and oxygen atoms in total. The molecule has 2 N–H and O–H groups in total. The minimum Gasteiger partial charge on any atom is -0.488 e. The number of carbonyl (C=O) groups is 2. The summed E-state index contributed by atoms with van der Waals surface area (Å²) < 4.78 is 11.1. The van der Waals surface area contributed by atoms with Crippen LogP contribution in [0.15, 0.2) is 42.6 Å². The number of nitrogens with one attached hydrogen (secondary N) is 2. The summed E-state index contributed by atoms with van der Waals surface area (Å²) in [7, 11) is 1.66. The van der Waals surface area contributed by atoms with E-state index in [1.807, 2.05) is 13.8 Å². The van der Waals surface area contributed by atoms with Crippen molar-refractivity contribution in [1.82, 2.24) is 9.97 Å². The summed E-state index contributed by atoms with van der Waals surface area (Å²) in [5.41, 5.74) is 1.73. The van der Waals surface area contributed by atoms with Crippen LogP contribution in [-0.4, -0.2) is 41.5 Å². The van der Waals surface area contributed by atoms with Crippen LogP contribution in [0.3, 0.4) is 0 Å². The Labute approximate surface area is 163 Å². The number of methoxy groups -OCH3 is 1.